The molecular formula is C14H17N3. The normalized spacial score (nSPS) is 14.2. The fourth-order valence-corrected chi connectivity index (χ4v) is 1.82. The van der Waals surface area contributed by atoms with Gasteiger partial charge in [0.25, 0.3) is 0 Å². The van der Waals surface area contributed by atoms with Crippen LogP contribution >= 0.6 is 0 Å². The smallest absolute Gasteiger partial charge is 0.0570 e. The zero-order valence-corrected chi connectivity index (χ0v) is 10.2. The Hall–Kier alpha value is -1.74. The highest BCUT2D eigenvalue weighted by Gasteiger charge is 2.11. The van der Waals surface area contributed by atoms with Crippen LogP contribution in [0.15, 0.2) is 48.9 Å². The van der Waals surface area contributed by atoms with Gasteiger partial charge < -0.3 is 5.32 Å². The third-order valence-corrected chi connectivity index (χ3v) is 2.82. The maximum atomic E-state index is 4.35. The third-order valence-electron chi connectivity index (χ3n) is 2.82. The van der Waals surface area contributed by atoms with Crippen molar-refractivity contribution in [1.82, 2.24) is 15.3 Å². The first-order valence-electron chi connectivity index (χ1n) is 5.84. The van der Waals surface area contributed by atoms with Crippen molar-refractivity contribution >= 4 is 0 Å². The van der Waals surface area contributed by atoms with Gasteiger partial charge in [0.1, 0.15) is 0 Å². The lowest BCUT2D eigenvalue weighted by atomic mass is 10.1. The monoisotopic (exact) mass is 227 g/mol. The van der Waals surface area contributed by atoms with Crippen LogP contribution in [0.5, 0.6) is 0 Å². The molecule has 0 fully saturated rings. The number of rotatable bonds is 4. The van der Waals surface area contributed by atoms with Gasteiger partial charge in [-0.2, -0.15) is 0 Å². The molecule has 0 aromatic carbocycles. The van der Waals surface area contributed by atoms with E-state index in [9.17, 15) is 0 Å². The van der Waals surface area contributed by atoms with Gasteiger partial charge in [-0.05, 0) is 37.6 Å². The van der Waals surface area contributed by atoms with Crippen molar-refractivity contribution in [2.24, 2.45) is 0 Å². The lowest BCUT2D eigenvalue weighted by molar-refractivity contribution is 0.485. The Morgan fingerprint density at radius 2 is 1.88 bits per heavy atom. The van der Waals surface area contributed by atoms with E-state index >= 15 is 0 Å². The van der Waals surface area contributed by atoms with Gasteiger partial charge in [0.05, 0.1) is 5.69 Å². The Morgan fingerprint density at radius 1 is 1.00 bits per heavy atom. The van der Waals surface area contributed by atoms with Gasteiger partial charge in [-0.3, -0.25) is 9.97 Å². The van der Waals surface area contributed by atoms with Crippen molar-refractivity contribution < 1.29 is 0 Å². The lowest BCUT2D eigenvalue weighted by Crippen LogP contribution is -2.23. The van der Waals surface area contributed by atoms with E-state index in [4.69, 9.17) is 0 Å². The Balaban J connectivity index is 2.02. The summed E-state index contributed by atoms with van der Waals surface area (Å²) in [6.07, 6.45) is 5.50. The summed E-state index contributed by atoms with van der Waals surface area (Å²) in [6.45, 7) is 4.26. The lowest BCUT2D eigenvalue weighted by Gasteiger charge is -2.19. The molecule has 0 spiro atoms. The quantitative estimate of drug-likeness (QED) is 0.872. The van der Waals surface area contributed by atoms with Crippen LogP contribution in [0.1, 0.15) is 37.2 Å². The summed E-state index contributed by atoms with van der Waals surface area (Å²) in [5.74, 6) is 0. The molecular weight excluding hydrogens is 210 g/mol. The zero-order chi connectivity index (χ0) is 12.1. The first-order valence-corrected chi connectivity index (χ1v) is 5.84. The van der Waals surface area contributed by atoms with Gasteiger partial charge in [0, 0.05) is 30.7 Å². The highest BCUT2D eigenvalue weighted by molar-refractivity contribution is 5.14. The minimum Gasteiger partial charge on any atom is -0.302 e. The second kappa shape index (κ2) is 5.55. The van der Waals surface area contributed by atoms with Gasteiger partial charge >= 0.3 is 0 Å². The van der Waals surface area contributed by atoms with E-state index in [1.807, 2.05) is 36.7 Å². The molecule has 3 heteroatoms. The van der Waals surface area contributed by atoms with E-state index in [-0.39, 0.29) is 12.1 Å². The molecule has 2 rings (SSSR count). The molecule has 0 aliphatic carbocycles. The second-order valence-electron chi connectivity index (χ2n) is 4.15. The Labute approximate surface area is 102 Å². The molecule has 2 unspecified atom stereocenters. The molecule has 0 bridgehead atoms. The van der Waals surface area contributed by atoms with Crippen LogP contribution in [-0.2, 0) is 0 Å². The summed E-state index contributed by atoms with van der Waals surface area (Å²) in [7, 11) is 0. The molecule has 0 radical (unpaired) electrons. The minimum absolute atomic E-state index is 0.228. The highest BCUT2D eigenvalue weighted by Crippen LogP contribution is 2.16. The van der Waals surface area contributed by atoms with Crippen molar-refractivity contribution in [2.45, 2.75) is 25.9 Å². The molecule has 0 saturated heterocycles. The number of nitrogens with one attached hydrogen (secondary N) is 1. The van der Waals surface area contributed by atoms with Crippen LogP contribution in [0, 0.1) is 0 Å². The summed E-state index contributed by atoms with van der Waals surface area (Å²) < 4.78 is 0. The average molecular weight is 227 g/mol. The summed E-state index contributed by atoms with van der Waals surface area (Å²) >= 11 is 0. The predicted octanol–water partition coefficient (Wildman–Crippen LogP) is 2.89. The summed E-state index contributed by atoms with van der Waals surface area (Å²) in [5.41, 5.74) is 2.25. The Bertz CT molecular complexity index is 398. The minimum atomic E-state index is 0.228. The largest absolute Gasteiger partial charge is 0.302 e. The molecule has 0 aliphatic rings. The van der Waals surface area contributed by atoms with Crippen LogP contribution in [0.4, 0.5) is 0 Å². The Kier molecular flexibility index (Phi) is 3.83. The van der Waals surface area contributed by atoms with E-state index in [0.717, 1.165) is 5.69 Å². The molecule has 1 N–H and O–H groups in total. The highest BCUT2D eigenvalue weighted by atomic mass is 15.0. The number of nitrogens with zero attached hydrogens (tertiary/aromatic N) is 2. The van der Waals surface area contributed by atoms with E-state index in [0.29, 0.717) is 0 Å². The van der Waals surface area contributed by atoms with E-state index in [1.165, 1.54) is 5.56 Å². The first kappa shape index (κ1) is 11.7. The van der Waals surface area contributed by atoms with Crippen molar-refractivity contribution in [3.63, 3.8) is 0 Å². The van der Waals surface area contributed by atoms with Crippen LogP contribution in [-0.4, -0.2) is 9.97 Å². The van der Waals surface area contributed by atoms with Crippen molar-refractivity contribution in [1.29, 1.82) is 0 Å². The summed E-state index contributed by atoms with van der Waals surface area (Å²) in [6, 6.07) is 10.5. The van der Waals surface area contributed by atoms with E-state index < -0.39 is 0 Å². The molecule has 2 aromatic heterocycles. The van der Waals surface area contributed by atoms with Crippen molar-refractivity contribution in [3.8, 4) is 0 Å². The maximum absolute atomic E-state index is 4.35. The summed E-state index contributed by atoms with van der Waals surface area (Å²) in [4.78, 5) is 8.48. The predicted molar refractivity (Wildman–Crippen MR) is 68.4 cm³/mol. The van der Waals surface area contributed by atoms with Crippen LogP contribution in [0.3, 0.4) is 0 Å². The molecule has 2 aromatic rings. The zero-order valence-electron chi connectivity index (χ0n) is 10.2. The SMILES string of the molecule is CC(NC(C)c1ccccn1)c1cccnc1. The van der Waals surface area contributed by atoms with Gasteiger partial charge in [0.15, 0.2) is 0 Å². The van der Waals surface area contributed by atoms with Gasteiger partial charge in [-0.1, -0.05) is 12.1 Å². The number of hydrogen-bond acceptors (Lipinski definition) is 3. The molecule has 0 amide bonds. The first-order chi connectivity index (χ1) is 8.27. The fourth-order valence-electron chi connectivity index (χ4n) is 1.82. The standard InChI is InChI=1S/C14H17N3/c1-11(13-6-5-8-15-10-13)17-12(2)14-7-3-4-9-16-14/h3-12,17H,1-2H3. The molecule has 2 heterocycles. The molecule has 0 aliphatic heterocycles. The van der Waals surface area contributed by atoms with Crippen LogP contribution in [0.2, 0.25) is 0 Å². The summed E-state index contributed by atoms with van der Waals surface area (Å²) in [5, 5.41) is 3.51. The number of pyridine rings is 2. The van der Waals surface area contributed by atoms with Crippen molar-refractivity contribution in [3.05, 3.63) is 60.2 Å². The fraction of sp³-hybridized carbons (Fsp3) is 0.286. The average Bonchev–Trinajstić information content (AvgIpc) is 2.40. The Morgan fingerprint density at radius 3 is 2.53 bits per heavy atom. The molecule has 0 saturated carbocycles. The topological polar surface area (TPSA) is 37.8 Å². The number of hydrogen-bond donors (Lipinski definition) is 1. The number of aromatic nitrogens is 2. The van der Waals surface area contributed by atoms with Gasteiger partial charge in [0.2, 0.25) is 0 Å². The van der Waals surface area contributed by atoms with Crippen LogP contribution < -0.4 is 5.32 Å². The second-order valence-corrected chi connectivity index (χ2v) is 4.15. The van der Waals surface area contributed by atoms with Gasteiger partial charge in [-0.25, -0.2) is 0 Å². The molecule has 88 valence electrons. The molecule has 3 nitrogen and oxygen atoms in total. The molecule has 2 atom stereocenters. The van der Waals surface area contributed by atoms with E-state index in [1.54, 1.807) is 6.20 Å². The van der Waals surface area contributed by atoms with Gasteiger partial charge in [-0.15, -0.1) is 0 Å². The molecule has 17 heavy (non-hydrogen) atoms. The van der Waals surface area contributed by atoms with E-state index in [2.05, 4.69) is 35.2 Å². The van der Waals surface area contributed by atoms with Crippen molar-refractivity contribution in [2.75, 3.05) is 0 Å². The third kappa shape index (κ3) is 3.11. The maximum Gasteiger partial charge on any atom is 0.0570 e. The van der Waals surface area contributed by atoms with Crippen LogP contribution in [0.25, 0.3) is 0 Å².